The largest absolute Gasteiger partial charge is 0.310 e. The first kappa shape index (κ1) is 43.1. The van der Waals surface area contributed by atoms with E-state index >= 15 is 0 Å². The van der Waals surface area contributed by atoms with Crippen molar-refractivity contribution in [2.75, 3.05) is 4.90 Å². The first-order valence-electron chi connectivity index (χ1n) is 25.5. The fraction of sp³-hybridized carbons (Fsp3) is 0. The molecule has 14 rings (SSSR count). The van der Waals surface area contributed by atoms with Crippen molar-refractivity contribution in [2.45, 2.75) is 0 Å². The molecule has 0 aliphatic carbocycles. The molecule has 0 aliphatic rings. The summed E-state index contributed by atoms with van der Waals surface area (Å²) in [4.78, 5) is 2.42. The van der Waals surface area contributed by atoms with Crippen molar-refractivity contribution in [1.29, 1.82) is 0 Å². The highest BCUT2D eigenvalue weighted by atomic mass is 15.1. The van der Waals surface area contributed by atoms with Gasteiger partial charge in [-0.1, -0.05) is 224 Å². The number of rotatable bonds is 9. The fourth-order valence-corrected chi connectivity index (χ4v) is 11.7. The predicted molar refractivity (Wildman–Crippen MR) is 315 cm³/mol. The van der Waals surface area contributed by atoms with Crippen LogP contribution in [0, 0.1) is 0 Å². The summed E-state index contributed by atoms with van der Waals surface area (Å²) < 4.78 is 2.43. The van der Waals surface area contributed by atoms with E-state index in [4.69, 9.17) is 0 Å². The van der Waals surface area contributed by atoms with Crippen LogP contribution in [0.4, 0.5) is 17.1 Å². The Morgan fingerprint density at radius 3 is 1.16 bits per heavy atom. The SMILES string of the molecule is c1ccc(-c2ccc3c(c2)c2cc(-c4ccccc4)ccc2n3-c2ccc(N(c3ccccc3)c3ccc(-c4c5ccccc5c(-c5ccccc5-c5ccccc5)c5ccccc45)c4ccccc34)cc2)cc1. The number of hydrogen-bond donors (Lipinski definition) is 0. The lowest BCUT2D eigenvalue weighted by Gasteiger charge is -2.28. The van der Waals surface area contributed by atoms with E-state index in [2.05, 4.69) is 301 Å². The first-order valence-corrected chi connectivity index (χ1v) is 25.5. The molecule has 0 radical (unpaired) electrons. The topological polar surface area (TPSA) is 8.17 Å². The number of benzene rings is 13. The standard InChI is InChI=1S/C72H48N2/c1-5-21-49(22-6-1)52-37-44-69-66(47-52)67-48-53(50-23-7-2-8-24-50)38-45-70(67)74(69)56-41-39-55(40-42-56)73(54-27-11-4-12-28-54)68-46-43-65(58-30-14-15-31-59(58)68)72-63-35-19-17-33-61(63)71(62-34-18-20-36-64(62)72)60-32-16-13-29-57(60)51-25-9-3-10-26-51/h1-48H. The zero-order chi connectivity index (χ0) is 49.0. The molecule has 0 N–H and O–H groups in total. The summed E-state index contributed by atoms with van der Waals surface area (Å²) >= 11 is 0. The molecular weight excluding hydrogens is 893 g/mol. The molecule has 1 heterocycles. The van der Waals surface area contributed by atoms with Gasteiger partial charge in [0, 0.05) is 33.2 Å². The molecule has 0 saturated heterocycles. The van der Waals surface area contributed by atoms with E-state index in [9.17, 15) is 0 Å². The van der Waals surface area contributed by atoms with Crippen LogP contribution in [-0.4, -0.2) is 4.57 Å². The molecule has 346 valence electrons. The van der Waals surface area contributed by atoms with E-state index in [-0.39, 0.29) is 0 Å². The summed E-state index contributed by atoms with van der Waals surface area (Å²) in [6.07, 6.45) is 0. The summed E-state index contributed by atoms with van der Waals surface area (Å²) in [6, 6.07) is 106. The second kappa shape index (κ2) is 18.1. The van der Waals surface area contributed by atoms with Gasteiger partial charge in [-0.3, -0.25) is 0 Å². The number of hydrogen-bond acceptors (Lipinski definition) is 1. The van der Waals surface area contributed by atoms with Crippen molar-refractivity contribution in [3.05, 3.63) is 291 Å². The average molecular weight is 941 g/mol. The van der Waals surface area contributed by atoms with Crippen LogP contribution in [0.25, 0.3) is 115 Å². The van der Waals surface area contributed by atoms with Crippen molar-refractivity contribution in [3.63, 3.8) is 0 Å². The monoisotopic (exact) mass is 940 g/mol. The van der Waals surface area contributed by atoms with Crippen LogP contribution in [0.2, 0.25) is 0 Å². The lowest BCUT2D eigenvalue weighted by atomic mass is 9.83. The minimum absolute atomic E-state index is 1.08. The Hall–Kier alpha value is -9.76. The number of fused-ring (bicyclic) bond motifs is 6. The van der Waals surface area contributed by atoms with E-state index in [0.717, 1.165) is 22.7 Å². The van der Waals surface area contributed by atoms with Crippen LogP contribution in [0.5, 0.6) is 0 Å². The summed E-state index contributed by atoms with van der Waals surface area (Å²) in [6.45, 7) is 0. The maximum absolute atomic E-state index is 2.43. The fourth-order valence-electron chi connectivity index (χ4n) is 11.7. The molecule has 0 saturated carbocycles. The molecule has 0 amide bonds. The smallest absolute Gasteiger partial charge is 0.0541 e. The summed E-state index contributed by atoms with van der Waals surface area (Å²) in [5.74, 6) is 0. The molecule has 14 aromatic rings. The molecule has 0 aliphatic heterocycles. The average Bonchev–Trinajstić information content (AvgIpc) is 3.81. The lowest BCUT2D eigenvalue weighted by Crippen LogP contribution is -2.10. The van der Waals surface area contributed by atoms with Gasteiger partial charge in [-0.2, -0.15) is 0 Å². The Balaban J connectivity index is 0.927. The Morgan fingerprint density at radius 2 is 0.635 bits per heavy atom. The highest BCUT2D eigenvalue weighted by molar-refractivity contribution is 6.25. The van der Waals surface area contributed by atoms with Gasteiger partial charge in [0.2, 0.25) is 0 Å². The van der Waals surface area contributed by atoms with Crippen molar-refractivity contribution in [2.24, 2.45) is 0 Å². The number of nitrogens with zero attached hydrogens (tertiary/aromatic N) is 2. The van der Waals surface area contributed by atoms with Gasteiger partial charge in [0.05, 0.1) is 16.7 Å². The van der Waals surface area contributed by atoms with E-state index in [1.807, 2.05) is 0 Å². The van der Waals surface area contributed by atoms with Crippen molar-refractivity contribution in [3.8, 4) is 61.3 Å². The molecule has 0 spiro atoms. The normalized spacial score (nSPS) is 11.5. The number of anilines is 3. The zero-order valence-electron chi connectivity index (χ0n) is 40.6. The van der Waals surface area contributed by atoms with Gasteiger partial charge < -0.3 is 9.47 Å². The second-order valence-corrected chi connectivity index (χ2v) is 19.1. The molecule has 2 heteroatoms. The molecule has 0 fully saturated rings. The van der Waals surface area contributed by atoms with Gasteiger partial charge in [0.1, 0.15) is 0 Å². The predicted octanol–water partition coefficient (Wildman–Crippen LogP) is 20.0. The second-order valence-electron chi connectivity index (χ2n) is 19.1. The molecule has 0 unspecified atom stereocenters. The summed E-state index contributed by atoms with van der Waals surface area (Å²) in [5.41, 5.74) is 18.9. The lowest BCUT2D eigenvalue weighted by molar-refractivity contribution is 1.17. The first-order chi connectivity index (χ1) is 36.7. The van der Waals surface area contributed by atoms with Crippen LogP contribution in [0.3, 0.4) is 0 Å². The molecule has 13 aromatic carbocycles. The third-order valence-corrected chi connectivity index (χ3v) is 15.0. The maximum atomic E-state index is 2.43. The molecule has 74 heavy (non-hydrogen) atoms. The maximum Gasteiger partial charge on any atom is 0.0541 e. The van der Waals surface area contributed by atoms with Crippen LogP contribution < -0.4 is 4.90 Å². The van der Waals surface area contributed by atoms with Crippen LogP contribution in [0.1, 0.15) is 0 Å². The summed E-state index contributed by atoms with van der Waals surface area (Å²) in [7, 11) is 0. The Labute approximate surface area is 430 Å². The minimum atomic E-state index is 1.08. The summed E-state index contributed by atoms with van der Waals surface area (Å²) in [5, 5.41) is 9.77. The van der Waals surface area contributed by atoms with E-state index in [1.54, 1.807) is 0 Å². The van der Waals surface area contributed by atoms with Gasteiger partial charge >= 0.3 is 0 Å². The van der Waals surface area contributed by atoms with Gasteiger partial charge in [-0.05, 0) is 149 Å². The van der Waals surface area contributed by atoms with Gasteiger partial charge in [0.15, 0.2) is 0 Å². The third-order valence-electron chi connectivity index (χ3n) is 15.0. The zero-order valence-corrected chi connectivity index (χ0v) is 40.6. The van der Waals surface area contributed by atoms with E-state index in [0.29, 0.717) is 0 Å². The van der Waals surface area contributed by atoms with Crippen LogP contribution in [-0.2, 0) is 0 Å². The van der Waals surface area contributed by atoms with Gasteiger partial charge in [-0.15, -0.1) is 0 Å². The van der Waals surface area contributed by atoms with Crippen LogP contribution >= 0.6 is 0 Å². The Kier molecular flexibility index (Phi) is 10.6. The molecule has 0 atom stereocenters. The van der Waals surface area contributed by atoms with E-state index < -0.39 is 0 Å². The van der Waals surface area contributed by atoms with Gasteiger partial charge in [0.25, 0.3) is 0 Å². The highest BCUT2D eigenvalue weighted by Crippen LogP contribution is 2.49. The highest BCUT2D eigenvalue weighted by Gasteiger charge is 2.23. The van der Waals surface area contributed by atoms with Gasteiger partial charge in [-0.25, -0.2) is 0 Å². The van der Waals surface area contributed by atoms with Crippen molar-refractivity contribution >= 4 is 71.2 Å². The Bertz CT molecular complexity index is 4230. The van der Waals surface area contributed by atoms with E-state index in [1.165, 1.54) is 110 Å². The number of aromatic nitrogens is 1. The quantitative estimate of drug-likeness (QED) is 0.131. The van der Waals surface area contributed by atoms with Crippen LogP contribution in [0.15, 0.2) is 291 Å². The van der Waals surface area contributed by atoms with Crippen molar-refractivity contribution in [1.82, 2.24) is 4.57 Å². The Morgan fingerprint density at radius 1 is 0.230 bits per heavy atom. The third kappa shape index (κ3) is 7.27. The van der Waals surface area contributed by atoms with Crippen molar-refractivity contribution < 1.29 is 0 Å². The molecular formula is C72H48N2. The molecule has 0 bridgehead atoms. The molecule has 2 nitrogen and oxygen atoms in total. The molecule has 1 aromatic heterocycles. The number of para-hydroxylation sites is 1. The minimum Gasteiger partial charge on any atom is -0.310 e.